The maximum atomic E-state index is 5.72. The van der Waals surface area contributed by atoms with Crippen LogP contribution in [0.5, 0.6) is 5.75 Å². The van der Waals surface area contributed by atoms with E-state index in [0.29, 0.717) is 0 Å². The molecule has 0 aliphatic rings. The van der Waals surface area contributed by atoms with E-state index in [1.165, 1.54) is 5.56 Å². The molecule has 0 fully saturated rings. The summed E-state index contributed by atoms with van der Waals surface area (Å²) in [5.74, 6) is 0.856. The maximum Gasteiger partial charge on any atom is 0.137 e. The highest BCUT2D eigenvalue weighted by molar-refractivity contribution is 5.19. The van der Waals surface area contributed by atoms with E-state index in [2.05, 4.69) is 47.6 Å². The number of aromatic nitrogens is 1. The Bertz CT molecular complexity index is 496. The molecule has 0 spiro atoms. The summed E-state index contributed by atoms with van der Waals surface area (Å²) in [6.45, 7) is 4.61. The van der Waals surface area contributed by atoms with Gasteiger partial charge in [-0.25, -0.2) is 0 Å². The first-order chi connectivity index (χ1) is 10.4. The molecule has 0 unspecified atom stereocenters. The van der Waals surface area contributed by atoms with Crippen molar-refractivity contribution >= 4 is 0 Å². The lowest BCUT2D eigenvalue weighted by Crippen LogP contribution is -2.12. The van der Waals surface area contributed by atoms with Crippen molar-refractivity contribution in [2.45, 2.75) is 32.7 Å². The van der Waals surface area contributed by atoms with Crippen molar-refractivity contribution in [3.63, 3.8) is 0 Å². The maximum absolute atomic E-state index is 5.72. The van der Waals surface area contributed by atoms with E-state index < -0.39 is 0 Å². The molecule has 2 aromatic rings. The van der Waals surface area contributed by atoms with Gasteiger partial charge in [0, 0.05) is 6.54 Å². The summed E-state index contributed by atoms with van der Waals surface area (Å²) in [6.07, 6.45) is 5.14. The number of nitrogens with zero attached hydrogens (tertiary/aromatic N) is 1. The third-order valence-corrected chi connectivity index (χ3v) is 3.33. The Hall–Kier alpha value is -1.87. The predicted molar refractivity (Wildman–Crippen MR) is 86.5 cm³/mol. The Morgan fingerprint density at radius 1 is 1.05 bits per heavy atom. The second-order valence-corrected chi connectivity index (χ2v) is 5.06. The molecule has 0 atom stereocenters. The summed E-state index contributed by atoms with van der Waals surface area (Å²) in [5, 5.41) is 3.26. The lowest BCUT2D eigenvalue weighted by Gasteiger charge is -2.07. The molecule has 1 heterocycles. The standard InChI is InChI=1S/C18H24N2O/c1-2-19-14-17-11-12-18(15-20-17)21-13-7-6-10-16-8-4-3-5-9-16/h3-5,8-9,11-12,15,19H,2,6-7,10,13-14H2,1H3. The second kappa shape index (κ2) is 9.14. The fourth-order valence-corrected chi connectivity index (χ4v) is 2.12. The minimum atomic E-state index is 0.751. The van der Waals surface area contributed by atoms with E-state index in [0.717, 1.165) is 50.4 Å². The number of rotatable bonds is 9. The lowest BCUT2D eigenvalue weighted by atomic mass is 10.1. The van der Waals surface area contributed by atoms with Crippen LogP contribution >= 0.6 is 0 Å². The molecule has 1 N–H and O–H groups in total. The van der Waals surface area contributed by atoms with Crippen LogP contribution in [0.15, 0.2) is 48.7 Å². The molecule has 112 valence electrons. The van der Waals surface area contributed by atoms with Gasteiger partial charge in [-0.3, -0.25) is 4.98 Å². The molecule has 1 aromatic carbocycles. The van der Waals surface area contributed by atoms with E-state index >= 15 is 0 Å². The van der Waals surface area contributed by atoms with Gasteiger partial charge in [0.1, 0.15) is 5.75 Å². The van der Waals surface area contributed by atoms with Crippen molar-refractivity contribution in [3.8, 4) is 5.75 Å². The Morgan fingerprint density at radius 2 is 1.90 bits per heavy atom. The quantitative estimate of drug-likeness (QED) is 0.715. The van der Waals surface area contributed by atoms with Crippen LogP contribution in [0.4, 0.5) is 0 Å². The number of hydrogen-bond acceptors (Lipinski definition) is 3. The first-order valence-corrected chi connectivity index (χ1v) is 7.71. The van der Waals surface area contributed by atoms with Crippen LogP contribution < -0.4 is 10.1 Å². The van der Waals surface area contributed by atoms with Crippen molar-refractivity contribution in [1.29, 1.82) is 0 Å². The molecular weight excluding hydrogens is 260 g/mol. The lowest BCUT2D eigenvalue weighted by molar-refractivity contribution is 0.305. The van der Waals surface area contributed by atoms with Crippen molar-refractivity contribution in [2.24, 2.45) is 0 Å². The Morgan fingerprint density at radius 3 is 2.62 bits per heavy atom. The van der Waals surface area contributed by atoms with Crippen molar-refractivity contribution in [2.75, 3.05) is 13.2 Å². The molecular formula is C18H24N2O. The third kappa shape index (κ3) is 5.96. The number of unbranched alkanes of at least 4 members (excludes halogenated alkanes) is 1. The highest BCUT2D eigenvalue weighted by Gasteiger charge is 1.97. The van der Waals surface area contributed by atoms with E-state index in [1.54, 1.807) is 0 Å². The number of ether oxygens (including phenoxy) is 1. The summed E-state index contributed by atoms with van der Waals surface area (Å²) in [4.78, 5) is 4.38. The van der Waals surface area contributed by atoms with Gasteiger partial charge < -0.3 is 10.1 Å². The fraction of sp³-hybridized carbons (Fsp3) is 0.389. The number of pyridine rings is 1. The molecule has 21 heavy (non-hydrogen) atoms. The zero-order chi connectivity index (χ0) is 14.8. The van der Waals surface area contributed by atoms with Crippen molar-refractivity contribution in [3.05, 3.63) is 59.9 Å². The topological polar surface area (TPSA) is 34.1 Å². The van der Waals surface area contributed by atoms with Gasteiger partial charge in [0.25, 0.3) is 0 Å². The molecule has 0 aliphatic carbocycles. The second-order valence-electron chi connectivity index (χ2n) is 5.06. The minimum Gasteiger partial charge on any atom is -0.492 e. The van der Waals surface area contributed by atoms with Crippen LogP contribution in [-0.4, -0.2) is 18.1 Å². The molecule has 0 saturated heterocycles. The van der Waals surface area contributed by atoms with E-state index in [-0.39, 0.29) is 0 Å². The van der Waals surface area contributed by atoms with Crippen LogP contribution in [0.25, 0.3) is 0 Å². The Labute approximate surface area is 127 Å². The Balaban J connectivity index is 1.62. The summed E-state index contributed by atoms with van der Waals surface area (Å²) < 4.78 is 5.72. The number of aryl methyl sites for hydroxylation is 1. The smallest absolute Gasteiger partial charge is 0.137 e. The average molecular weight is 284 g/mol. The number of benzene rings is 1. The van der Waals surface area contributed by atoms with Crippen LogP contribution in [0.3, 0.4) is 0 Å². The minimum absolute atomic E-state index is 0.751. The zero-order valence-corrected chi connectivity index (χ0v) is 12.7. The zero-order valence-electron chi connectivity index (χ0n) is 12.7. The summed E-state index contributed by atoms with van der Waals surface area (Å²) >= 11 is 0. The van der Waals surface area contributed by atoms with Crippen LogP contribution in [0, 0.1) is 0 Å². The summed E-state index contributed by atoms with van der Waals surface area (Å²) in [6, 6.07) is 14.6. The number of hydrogen-bond donors (Lipinski definition) is 1. The van der Waals surface area contributed by atoms with Gasteiger partial charge in [-0.15, -0.1) is 0 Å². The molecule has 0 amide bonds. The monoisotopic (exact) mass is 284 g/mol. The molecule has 0 aliphatic heterocycles. The molecule has 2 rings (SSSR count). The van der Waals surface area contributed by atoms with E-state index in [4.69, 9.17) is 4.74 Å². The van der Waals surface area contributed by atoms with Crippen molar-refractivity contribution in [1.82, 2.24) is 10.3 Å². The van der Waals surface area contributed by atoms with Gasteiger partial charge in [-0.05, 0) is 43.5 Å². The molecule has 1 aromatic heterocycles. The first kappa shape index (κ1) is 15.5. The SMILES string of the molecule is CCNCc1ccc(OCCCCc2ccccc2)cn1. The normalized spacial score (nSPS) is 10.5. The van der Waals surface area contributed by atoms with E-state index in [1.807, 2.05) is 18.3 Å². The number of nitrogens with one attached hydrogen (secondary N) is 1. The van der Waals surface area contributed by atoms with Crippen LogP contribution in [0.1, 0.15) is 31.0 Å². The highest BCUT2D eigenvalue weighted by Crippen LogP contribution is 2.10. The van der Waals surface area contributed by atoms with E-state index in [9.17, 15) is 0 Å². The molecule has 0 radical (unpaired) electrons. The van der Waals surface area contributed by atoms with Gasteiger partial charge in [0.15, 0.2) is 0 Å². The van der Waals surface area contributed by atoms with Gasteiger partial charge >= 0.3 is 0 Å². The van der Waals surface area contributed by atoms with Gasteiger partial charge in [-0.2, -0.15) is 0 Å². The molecule has 3 nitrogen and oxygen atoms in total. The predicted octanol–water partition coefficient (Wildman–Crippen LogP) is 3.59. The Kier molecular flexibility index (Phi) is 6.75. The van der Waals surface area contributed by atoms with Crippen LogP contribution in [-0.2, 0) is 13.0 Å². The molecule has 0 bridgehead atoms. The van der Waals surface area contributed by atoms with Gasteiger partial charge in [0.2, 0.25) is 0 Å². The highest BCUT2D eigenvalue weighted by atomic mass is 16.5. The molecule has 0 saturated carbocycles. The van der Waals surface area contributed by atoms with Gasteiger partial charge in [-0.1, -0.05) is 37.3 Å². The largest absolute Gasteiger partial charge is 0.492 e. The molecule has 3 heteroatoms. The fourth-order valence-electron chi connectivity index (χ4n) is 2.12. The third-order valence-electron chi connectivity index (χ3n) is 3.33. The van der Waals surface area contributed by atoms with Crippen LogP contribution in [0.2, 0.25) is 0 Å². The summed E-state index contributed by atoms with van der Waals surface area (Å²) in [7, 11) is 0. The average Bonchev–Trinajstić information content (AvgIpc) is 2.55. The van der Waals surface area contributed by atoms with Gasteiger partial charge in [0.05, 0.1) is 18.5 Å². The first-order valence-electron chi connectivity index (χ1n) is 7.71. The van der Waals surface area contributed by atoms with Crippen molar-refractivity contribution < 1.29 is 4.74 Å². The summed E-state index contributed by atoms with van der Waals surface area (Å²) in [5.41, 5.74) is 2.44.